The van der Waals surface area contributed by atoms with E-state index in [0.29, 0.717) is 13.0 Å². The largest absolute Gasteiger partial charge is 0.355 e. The third-order valence-corrected chi connectivity index (χ3v) is 5.77. The molecular formula is C25H23FN4O. The number of aromatic nitrogens is 2. The van der Waals surface area contributed by atoms with Gasteiger partial charge in [0.15, 0.2) is 0 Å². The molecule has 1 aliphatic heterocycles. The highest BCUT2D eigenvalue weighted by Crippen LogP contribution is 2.38. The van der Waals surface area contributed by atoms with E-state index in [4.69, 9.17) is 0 Å². The molecule has 1 aliphatic rings. The van der Waals surface area contributed by atoms with E-state index in [2.05, 4.69) is 21.4 Å². The number of halogens is 1. The zero-order valence-corrected chi connectivity index (χ0v) is 17.4. The number of aryl methyl sites for hydroxylation is 2. The first kappa shape index (κ1) is 19.3. The second-order valence-corrected chi connectivity index (χ2v) is 8.12. The summed E-state index contributed by atoms with van der Waals surface area (Å²) < 4.78 is 14.1. The second kappa shape index (κ2) is 7.54. The number of fused-ring (bicyclic) bond motifs is 3. The minimum absolute atomic E-state index is 0.212. The maximum atomic E-state index is 14.1. The van der Waals surface area contributed by atoms with Gasteiger partial charge in [0.1, 0.15) is 5.82 Å². The van der Waals surface area contributed by atoms with Crippen LogP contribution < -0.4 is 5.32 Å². The van der Waals surface area contributed by atoms with Gasteiger partial charge in [0.25, 0.3) is 0 Å². The zero-order valence-electron chi connectivity index (χ0n) is 17.4. The number of amides is 2. The van der Waals surface area contributed by atoms with Gasteiger partial charge in [0.05, 0.1) is 17.1 Å². The number of pyridine rings is 1. The molecule has 2 amide bonds. The summed E-state index contributed by atoms with van der Waals surface area (Å²) in [5, 5.41) is 3.04. The molecule has 31 heavy (non-hydrogen) atoms. The van der Waals surface area contributed by atoms with Gasteiger partial charge in [-0.25, -0.2) is 9.18 Å². The fourth-order valence-corrected chi connectivity index (χ4v) is 4.58. The Hall–Kier alpha value is -3.67. The molecule has 0 bridgehead atoms. The highest BCUT2D eigenvalue weighted by Gasteiger charge is 2.35. The fraction of sp³-hybridized carbons (Fsp3) is 0.200. The lowest BCUT2D eigenvalue weighted by Gasteiger charge is -2.36. The van der Waals surface area contributed by atoms with E-state index in [1.165, 1.54) is 12.1 Å². The Labute approximate surface area is 179 Å². The van der Waals surface area contributed by atoms with Gasteiger partial charge in [-0.3, -0.25) is 4.98 Å². The smallest absolute Gasteiger partial charge is 0.322 e. The van der Waals surface area contributed by atoms with Crippen LogP contribution >= 0.6 is 0 Å². The van der Waals surface area contributed by atoms with Gasteiger partial charge in [-0.05, 0) is 73.4 Å². The summed E-state index contributed by atoms with van der Waals surface area (Å²) in [7, 11) is 0. The second-order valence-electron chi connectivity index (χ2n) is 8.12. The third-order valence-electron chi connectivity index (χ3n) is 5.77. The van der Waals surface area contributed by atoms with Crippen molar-refractivity contribution in [2.75, 3.05) is 11.9 Å². The number of rotatable bonds is 2. The van der Waals surface area contributed by atoms with Crippen LogP contribution in [0.5, 0.6) is 0 Å². The SMILES string of the molecule is Cc1cc(C)cc(NC(=O)N2CCc3c([nH]c4cccnc34)C2c2cccc(F)c2)c1. The first-order chi connectivity index (χ1) is 15.0. The average Bonchev–Trinajstić information content (AvgIpc) is 3.11. The summed E-state index contributed by atoms with van der Waals surface area (Å²) in [6.45, 7) is 4.51. The molecule has 2 N–H and O–H groups in total. The molecule has 0 saturated carbocycles. The predicted octanol–water partition coefficient (Wildman–Crippen LogP) is 5.50. The van der Waals surface area contributed by atoms with Gasteiger partial charge in [0, 0.05) is 29.7 Å². The molecule has 5 rings (SSSR count). The first-order valence-electron chi connectivity index (χ1n) is 10.4. The van der Waals surface area contributed by atoms with Crippen molar-refractivity contribution >= 4 is 22.8 Å². The lowest BCUT2D eigenvalue weighted by Crippen LogP contribution is -2.43. The summed E-state index contributed by atoms with van der Waals surface area (Å²) >= 11 is 0. The van der Waals surface area contributed by atoms with Crippen molar-refractivity contribution in [3.05, 3.63) is 94.6 Å². The van der Waals surface area contributed by atoms with Crippen LogP contribution in [0.2, 0.25) is 0 Å². The number of hydrogen-bond acceptors (Lipinski definition) is 2. The third kappa shape index (κ3) is 3.54. The summed E-state index contributed by atoms with van der Waals surface area (Å²) in [4.78, 5) is 23.1. The highest BCUT2D eigenvalue weighted by atomic mass is 19.1. The molecule has 156 valence electrons. The molecule has 0 aliphatic carbocycles. The van der Waals surface area contributed by atoms with E-state index >= 15 is 0 Å². The molecule has 0 spiro atoms. The molecule has 1 unspecified atom stereocenters. The number of hydrogen-bond donors (Lipinski definition) is 2. The zero-order chi connectivity index (χ0) is 21.5. The van der Waals surface area contributed by atoms with E-state index in [1.807, 2.05) is 44.2 Å². The average molecular weight is 414 g/mol. The van der Waals surface area contributed by atoms with Crippen molar-refractivity contribution in [1.82, 2.24) is 14.9 Å². The fourth-order valence-electron chi connectivity index (χ4n) is 4.58. The van der Waals surface area contributed by atoms with Crippen molar-refractivity contribution in [3.8, 4) is 0 Å². The van der Waals surface area contributed by atoms with Crippen LogP contribution in [0.4, 0.5) is 14.9 Å². The number of nitrogens with one attached hydrogen (secondary N) is 2. The van der Waals surface area contributed by atoms with Crippen LogP contribution in [0, 0.1) is 19.7 Å². The summed E-state index contributed by atoms with van der Waals surface area (Å²) in [5.41, 5.74) is 7.45. The molecule has 5 nitrogen and oxygen atoms in total. The van der Waals surface area contributed by atoms with E-state index in [9.17, 15) is 9.18 Å². The molecule has 4 aromatic rings. The highest BCUT2D eigenvalue weighted by molar-refractivity contribution is 5.91. The van der Waals surface area contributed by atoms with E-state index < -0.39 is 6.04 Å². The number of carbonyl (C=O) groups excluding carboxylic acids is 1. The van der Waals surface area contributed by atoms with Crippen molar-refractivity contribution < 1.29 is 9.18 Å². The van der Waals surface area contributed by atoms with Gasteiger partial charge in [-0.2, -0.15) is 0 Å². The summed E-state index contributed by atoms with van der Waals surface area (Å²) in [6.07, 6.45) is 2.45. The molecular weight excluding hydrogens is 391 g/mol. The van der Waals surface area contributed by atoms with Crippen molar-refractivity contribution in [3.63, 3.8) is 0 Å². The quantitative estimate of drug-likeness (QED) is 0.455. The van der Waals surface area contributed by atoms with Crippen molar-refractivity contribution in [2.45, 2.75) is 26.3 Å². The Balaban J connectivity index is 1.58. The monoisotopic (exact) mass is 414 g/mol. The normalized spacial score (nSPS) is 15.7. The number of urea groups is 1. The Morgan fingerprint density at radius 2 is 1.94 bits per heavy atom. The van der Waals surface area contributed by atoms with Crippen LogP contribution in [0.25, 0.3) is 11.0 Å². The molecule has 6 heteroatoms. The number of carbonyl (C=O) groups is 1. The molecule has 1 atom stereocenters. The van der Waals surface area contributed by atoms with Crippen molar-refractivity contribution in [1.29, 1.82) is 0 Å². The van der Waals surface area contributed by atoms with Crippen LogP contribution in [0.15, 0.2) is 60.8 Å². The minimum Gasteiger partial charge on any atom is -0.355 e. The van der Waals surface area contributed by atoms with Crippen molar-refractivity contribution in [2.24, 2.45) is 0 Å². The summed E-state index contributed by atoms with van der Waals surface area (Å²) in [6, 6.07) is 15.6. The van der Waals surface area contributed by atoms with Crippen LogP contribution in [0.3, 0.4) is 0 Å². The van der Waals surface area contributed by atoms with Crippen LogP contribution in [-0.4, -0.2) is 27.4 Å². The number of benzene rings is 2. The number of anilines is 1. The topological polar surface area (TPSA) is 61.0 Å². The molecule has 0 radical (unpaired) electrons. The van der Waals surface area contributed by atoms with E-state index in [-0.39, 0.29) is 11.8 Å². The predicted molar refractivity (Wildman–Crippen MR) is 120 cm³/mol. The molecule has 0 fully saturated rings. The Kier molecular flexibility index (Phi) is 4.70. The van der Waals surface area contributed by atoms with Crippen LogP contribution in [-0.2, 0) is 6.42 Å². The van der Waals surface area contributed by atoms with E-state index in [0.717, 1.165) is 44.7 Å². The maximum Gasteiger partial charge on any atom is 0.322 e. The van der Waals surface area contributed by atoms with Gasteiger partial charge < -0.3 is 15.2 Å². The van der Waals surface area contributed by atoms with Gasteiger partial charge >= 0.3 is 6.03 Å². The lowest BCUT2D eigenvalue weighted by atomic mass is 9.93. The minimum atomic E-state index is -0.431. The van der Waals surface area contributed by atoms with Gasteiger partial charge in [0.2, 0.25) is 0 Å². The molecule has 0 saturated heterocycles. The Morgan fingerprint density at radius 1 is 1.13 bits per heavy atom. The maximum absolute atomic E-state index is 14.1. The number of H-pyrrole nitrogens is 1. The van der Waals surface area contributed by atoms with Crippen LogP contribution in [0.1, 0.15) is 34.0 Å². The molecule has 3 heterocycles. The standard InChI is InChI=1S/C25H23FN4O/c1-15-11-16(2)13-19(12-15)28-25(31)30-10-8-20-22-21(7-4-9-27-22)29-23(20)24(30)17-5-3-6-18(26)14-17/h3-7,9,11-14,24,29H,8,10H2,1-2H3,(H,28,31). The number of aromatic amines is 1. The molecule has 2 aromatic carbocycles. The van der Waals surface area contributed by atoms with Gasteiger partial charge in [-0.1, -0.05) is 18.2 Å². The Bertz CT molecular complexity index is 1280. The Morgan fingerprint density at radius 3 is 2.71 bits per heavy atom. The summed E-state index contributed by atoms with van der Waals surface area (Å²) in [5.74, 6) is -0.325. The van der Waals surface area contributed by atoms with E-state index in [1.54, 1.807) is 17.2 Å². The lowest BCUT2D eigenvalue weighted by molar-refractivity contribution is 0.193. The first-order valence-corrected chi connectivity index (χ1v) is 10.4. The molecule has 2 aromatic heterocycles. The number of nitrogens with zero attached hydrogens (tertiary/aromatic N) is 2. The van der Waals surface area contributed by atoms with Gasteiger partial charge in [-0.15, -0.1) is 0 Å².